The Morgan fingerprint density at radius 3 is 2.93 bits per heavy atom. The number of rotatable bonds is 5. The van der Waals surface area contributed by atoms with Gasteiger partial charge in [0.2, 0.25) is 0 Å². The van der Waals surface area contributed by atoms with Crippen LogP contribution in [0.5, 0.6) is 0 Å². The van der Waals surface area contributed by atoms with Crippen LogP contribution in [-0.4, -0.2) is 51.7 Å². The number of imidazole rings is 1. The number of aryl methyl sites for hydroxylation is 1. The highest BCUT2D eigenvalue weighted by Crippen LogP contribution is 2.27. The zero-order chi connectivity index (χ0) is 19.2. The number of likely N-dealkylation sites (tertiary alicyclic amines) is 1. The van der Waals surface area contributed by atoms with Crippen molar-refractivity contribution in [2.45, 2.75) is 39.3 Å². The topological polar surface area (TPSA) is 65.7 Å². The number of hydrogen-bond acceptors (Lipinski definition) is 3. The zero-order valence-electron chi connectivity index (χ0n) is 17.0. The molecule has 1 aliphatic heterocycles. The molecule has 3 atom stereocenters. The van der Waals surface area contributed by atoms with Gasteiger partial charge in [-0.3, -0.25) is 4.99 Å². The lowest BCUT2D eigenvalue weighted by Crippen LogP contribution is -2.49. The van der Waals surface area contributed by atoms with Crippen LogP contribution in [0, 0.1) is 12.8 Å². The summed E-state index contributed by atoms with van der Waals surface area (Å²) in [6.07, 6.45) is 6.29. The Kier molecular flexibility index (Phi) is 8.75. The second kappa shape index (κ2) is 10.8. The molecule has 1 aromatic carbocycles. The number of nitrogens with zero attached hydrogens (tertiary/aromatic N) is 4. The molecular formula is C21H32IN5O. The van der Waals surface area contributed by atoms with Crippen LogP contribution in [0.4, 0.5) is 0 Å². The van der Waals surface area contributed by atoms with Crippen LogP contribution in [0.3, 0.4) is 0 Å². The van der Waals surface area contributed by atoms with Crippen molar-refractivity contribution < 1.29 is 5.11 Å². The van der Waals surface area contributed by atoms with E-state index in [2.05, 4.69) is 33.6 Å². The second-order valence-electron chi connectivity index (χ2n) is 7.41. The van der Waals surface area contributed by atoms with Crippen LogP contribution >= 0.6 is 24.0 Å². The number of piperidine rings is 1. The van der Waals surface area contributed by atoms with E-state index < -0.39 is 6.10 Å². The van der Waals surface area contributed by atoms with E-state index >= 15 is 0 Å². The smallest absolute Gasteiger partial charge is 0.194 e. The third-order valence-corrected chi connectivity index (χ3v) is 5.30. The van der Waals surface area contributed by atoms with E-state index in [1.54, 1.807) is 0 Å². The van der Waals surface area contributed by atoms with Gasteiger partial charge < -0.3 is 19.9 Å². The summed E-state index contributed by atoms with van der Waals surface area (Å²) in [5.41, 5.74) is 2.06. The van der Waals surface area contributed by atoms with Crippen LogP contribution in [0.25, 0.3) is 0 Å². The Morgan fingerprint density at radius 1 is 1.43 bits per heavy atom. The van der Waals surface area contributed by atoms with E-state index in [4.69, 9.17) is 4.99 Å². The summed E-state index contributed by atoms with van der Waals surface area (Å²) in [5.74, 6) is 1.47. The Balaban J connectivity index is 0.00000280. The monoisotopic (exact) mass is 497 g/mol. The molecule has 0 amide bonds. The zero-order valence-corrected chi connectivity index (χ0v) is 19.3. The van der Waals surface area contributed by atoms with Crippen molar-refractivity contribution in [3.8, 4) is 0 Å². The molecule has 2 heterocycles. The Bertz CT molecular complexity index is 749. The number of benzene rings is 1. The number of aromatic nitrogens is 2. The molecular weight excluding hydrogens is 465 g/mol. The quantitative estimate of drug-likeness (QED) is 0.378. The maximum Gasteiger partial charge on any atom is 0.194 e. The molecule has 7 heteroatoms. The lowest BCUT2D eigenvalue weighted by atomic mass is 9.93. The van der Waals surface area contributed by atoms with Gasteiger partial charge in [0, 0.05) is 32.0 Å². The fraction of sp³-hybridized carbons (Fsp3) is 0.524. The van der Waals surface area contributed by atoms with E-state index in [1.807, 2.05) is 49.9 Å². The van der Waals surface area contributed by atoms with Crippen LogP contribution in [0.2, 0.25) is 0 Å². The number of aliphatic hydroxyl groups excluding tert-OH is 1. The lowest BCUT2D eigenvalue weighted by Gasteiger charge is -2.39. The highest BCUT2D eigenvalue weighted by atomic mass is 127. The molecule has 0 spiro atoms. The van der Waals surface area contributed by atoms with E-state index in [0.717, 1.165) is 43.1 Å². The number of nitrogens with one attached hydrogen (secondary N) is 1. The third-order valence-electron chi connectivity index (χ3n) is 5.30. The molecule has 3 unspecified atom stereocenters. The average molecular weight is 497 g/mol. The molecule has 2 N–H and O–H groups in total. The van der Waals surface area contributed by atoms with Gasteiger partial charge in [-0.15, -0.1) is 24.0 Å². The number of hydrogen-bond donors (Lipinski definition) is 2. The van der Waals surface area contributed by atoms with Gasteiger partial charge >= 0.3 is 0 Å². The molecule has 0 aliphatic carbocycles. The molecule has 28 heavy (non-hydrogen) atoms. The normalized spacial score (nSPS) is 21.1. The minimum Gasteiger partial charge on any atom is -0.386 e. The molecule has 6 nitrogen and oxygen atoms in total. The maximum atomic E-state index is 10.5. The summed E-state index contributed by atoms with van der Waals surface area (Å²) in [6, 6.07) is 8.37. The standard InChI is InChI=1S/C21H31N5O.HI/c1-4-23-21(24-13-20(27)18-7-5-6-16(2)12-18)25-10-8-17(3)19(14-25)26-11-9-22-15-26;/h5-7,9,11-12,15,17,19-20,27H,4,8,10,13-14H2,1-3H3,(H,23,24);1H. The van der Waals surface area contributed by atoms with Gasteiger partial charge in [-0.2, -0.15) is 0 Å². The van der Waals surface area contributed by atoms with E-state index in [1.165, 1.54) is 0 Å². The third kappa shape index (κ3) is 5.70. The van der Waals surface area contributed by atoms with Crippen LogP contribution < -0.4 is 5.32 Å². The highest BCUT2D eigenvalue weighted by Gasteiger charge is 2.29. The van der Waals surface area contributed by atoms with Gasteiger partial charge in [0.15, 0.2) is 5.96 Å². The first-order chi connectivity index (χ1) is 13.1. The number of aliphatic hydroxyl groups is 1. The lowest BCUT2D eigenvalue weighted by molar-refractivity contribution is 0.179. The molecule has 0 bridgehead atoms. The molecule has 2 aromatic rings. The fourth-order valence-corrected chi connectivity index (χ4v) is 3.68. The van der Waals surface area contributed by atoms with Crippen LogP contribution in [0.1, 0.15) is 43.5 Å². The first-order valence-corrected chi connectivity index (χ1v) is 9.83. The van der Waals surface area contributed by atoms with Crippen molar-refractivity contribution in [2.24, 2.45) is 10.9 Å². The minimum absolute atomic E-state index is 0. The van der Waals surface area contributed by atoms with Gasteiger partial charge in [-0.1, -0.05) is 36.8 Å². The molecule has 3 rings (SSSR count). The van der Waals surface area contributed by atoms with Crippen molar-refractivity contribution in [3.05, 3.63) is 54.1 Å². The number of halogens is 1. The van der Waals surface area contributed by atoms with Crippen LogP contribution in [0.15, 0.2) is 48.0 Å². The van der Waals surface area contributed by atoms with E-state index in [0.29, 0.717) is 18.5 Å². The van der Waals surface area contributed by atoms with Gasteiger partial charge in [0.1, 0.15) is 0 Å². The summed E-state index contributed by atoms with van der Waals surface area (Å²) < 4.78 is 2.20. The molecule has 1 aromatic heterocycles. The van der Waals surface area contributed by atoms with Crippen molar-refractivity contribution in [3.63, 3.8) is 0 Å². The van der Waals surface area contributed by atoms with Crippen molar-refractivity contribution in [2.75, 3.05) is 26.2 Å². The Hall–Kier alpha value is -1.61. The predicted molar refractivity (Wildman–Crippen MR) is 124 cm³/mol. The summed E-state index contributed by atoms with van der Waals surface area (Å²) in [4.78, 5) is 11.2. The summed E-state index contributed by atoms with van der Waals surface area (Å²) >= 11 is 0. The fourth-order valence-electron chi connectivity index (χ4n) is 3.68. The second-order valence-corrected chi connectivity index (χ2v) is 7.41. The summed E-state index contributed by atoms with van der Waals surface area (Å²) in [6.45, 7) is 9.44. The SMILES string of the molecule is CCNC(=NCC(O)c1cccc(C)c1)N1CCC(C)C(n2ccnc2)C1.I. The molecule has 0 radical (unpaired) electrons. The minimum atomic E-state index is -0.591. The highest BCUT2D eigenvalue weighted by molar-refractivity contribution is 14.0. The van der Waals surface area contributed by atoms with Gasteiger partial charge in [-0.25, -0.2) is 4.98 Å². The molecule has 1 aliphatic rings. The first-order valence-electron chi connectivity index (χ1n) is 9.83. The van der Waals surface area contributed by atoms with Crippen molar-refractivity contribution in [1.29, 1.82) is 0 Å². The number of guanidine groups is 1. The number of aliphatic imine (C=N–C) groups is 1. The van der Waals surface area contributed by atoms with Crippen molar-refractivity contribution in [1.82, 2.24) is 19.8 Å². The molecule has 1 saturated heterocycles. The van der Waals surface area contributed by atoms with E-state index in [9.17, 15) is 5.11 Å². The van der Waals surface area contributed by atoms with Gasteiger partial charge in [-0.05, 0) is 31.7 Å². The first kappa shape index (κ1) is 22.7. The Labute approximate surface area is 185 Å². The molecule has 154 valence electrons. The van der Waals surface area contributed by atoms with Gasteiger partial charge in [0.25, 0.3) is 0 Å². The average Bonchev–Trinajstić information content (AvgIpc) is 3.20. The summed E-state index contributed by atoms with van der Waals surface area (Å²) in [5, 5.41) is 13.9. The Morgan fingerprint density at radius 2 is 2.25 bits per heavy atom. The van der Waals surface area contributed by atoms with E-state index in [-0.39, 0.29) is 24.0 Å². The maximum absolute atomic E-state index is 10.5. The molecule has 1 fully saturated rings. The van der Waals surface area contributed by atoms with Crippen LogP contribution in [-0.2, 0) is 0 Å². The predicted octanol–water partition coefficient (Wildman–Crippen LogP) is 3.39. The summed E-state index contributed by atoms with van der Waals surface area (Å²) in [7, 11) is 0. The largest absolute Gasteiger partial charge is 0.386 e. The van der Waals surface area contributed by atoms with Gasteiger partial charge in [0.05, 0.1) is 25.0 Å². The molecule has 0 saturated carbocycles. The van der Waals surface area contributed by atoms with Crippen molar-refractivity contribution >= 4 is 29.9 Å².